The number of aromatic nitrogens is 1. The summed E-state index contributed by atoms with van der Waals surface area (Å²) in [4.78, 5) is 47.8. The van der Waals surface area contributed by atoms with Crippen molar-refractivity contribution in [2.45, 2.75) is 13.1 Å². The number of nitro groups is 1. The van der Waals surface area contributed by atoms with Crippen LogP contribution in [0.5, 0.6) is 0 Å². The van der Waals surface area contributed by atoms with Crippen LogP contribution >= 0.6 is 0 Å². The lowest BCUT2D eigenvalue weighted by atomic mass is 10.2. The van der Waals surface area contributed by atoms with Gasteiger partial charge in [-0.15, -0.1) is 0 Å². The Morgan fingerprint density at radius 2 is 2.04 bits per heavy atom. The van der Waals surface area contributed by atoms with Crippen molar-refractivity contribution >= 4 is 17.6 Å². The summed E-state index contributed by atoms with van der Waals surface area (Å²) in [7, 11) is 2.47. The number of nitrogens with zero attached hydrogens (tertiary/aromatic N) is 3. The fraction of sp³-hybridized carbons (Fsp3) is 0.235. The van der Waals surface area contributed by atoms with E-state index in [9.17, 15) is 28.9 Å². The Morgan fingerprint density at radius 3 is 2.63 bits per heavy atom. The number of hydrogen-bond acceptors (Lipinski definition) is 6. The zero-order valence-corrected chi connectivity index (χ0v) is 14.5. The highest BCUT2D eigenvalue weighted by molar-refractivity contribution is 5.89. The summed E-state index contributed by atoms with van der Waals surface area (Å²) in [5.41, 5.74) is -1.43. The molecule has 10 heteroatoms. The monoisotopic (exact) mass is 377 g/mol. The molecule has 0 aliphatic heterocycles. The Balaban J connectivity index is 2.28. The number of methoxy groups -OCH3 is 1. The molecule has 0 bridgehead atoms. The molecule has 0 fully saturated rings. The Hall–Kier alpha value is -3.56. The Kier molecular flexibility index (Phi) is 6.01. The summed E-state index contributed by atoms with van der Waals surface area (Å²) in [6, 6.07) is 6.45. The standard InChI is InChI=1S/C17H16FN3O6/c1-19(8-11-4-3-5-12(18)6-11)15(22)10-20-9-13(21(25)26)7-14(16(20)23)17(24)27-2/h3-7,9H,8,10H2,1-2H3. The molecule has 0 radical (unpaired) electrons. The Labute approximate surface area is 152 Å². The average molecular weight is 377 g/mol. The number of amides is 1. The minimum Gasteiger partial charge on any atom is -0.465 e. The average Bonchev–Trinajstić information content (AvgIpc) is 2.62. The number of rotatable bonds is 6. The number of pyridine rings is 1. The lowest BCUT2D eigenvalue weighted by molar-refractivity contribution is -0.385. The van der Waals surface area contributed by atoms with Gasteiger partial charge in [0, 0.05) is 19.7 Å². The van der Waals surface area contributed by atoms with Crippen molar-refractivity contribution in [2.75, 3.05) is 14.2 Å². The summed E-state index contributed by atoms with van der Waals surface area (Å²) in [6.45, 7) is -0.458. The van der Waals surface area contributed by atoms with Crippen molar-refractivity contribution < 1.29 is 23.6 Å². The van der Waals surface area contributed by atoms with Gasteiger partial charge in [-0.25, -0.2) is 9.18 Å². The van der Waals surface area contributed by atoms with Crippen LogP contribution in [0.4, 0.5) is 10.1 Å². The number of carbonyl (C=O) groups is 2. The normalized spacial score (nSPS) is 10.3. The number of halogens is 1. The Bertz CT molecular complexity index is 956. The third-order valence-corrected chi connectivity index (χ3v) is 3.73. The maximum absolute atomic E-state index is 13.2. The van der Waals surface area contributed by atoms with Gasteiger partial charge in [0.15, 0.2) is 0 Å². The van der Waals surface area contributed by atoms with Crippen molar-refractivity contribution in [3.05, 3.63) is 73.9 Å². The molecule has 0 aliphatic carbocycles. The van der Waals surface area contributed by atoms with Gasteiger partial charge >= 0.3 is 5.97 Å². The molecule has 0 aliphatic rings. The van der Waals surface area contributed by atoms with Crippen molar-refractivity contribution in [3.63, 3.8) is 0 Å². The number of likely N-dealkylation sites (N-methyl/N-ethyl adjacent to an activating group) is 1. The van der Waals surface area contributed by atoms with Gasteiger partial charge in [-0.3, -0.25) is 24.3 Å². The summed E-state index contributed by atoms with van der Waals surface area (Å²) < 4.78 is 18.5. The van der Waals surface area contributed by atoms with Crippen LogP contribution in [0.25, 0.3) is 0 Å². The van der Waals surface area contributed by atoms with Gasteiger partial charge in [0.05, 0.1) is 18.2 Å². The second kappa shape index (κ2) is 8.21. The molecule has 0 spiro atoms. The SMILES string of the molecule is COC(=O)c1cc([N+](=O)[O-])cn(CC(=O)N(C)Cc2cccc(F)c2)c1=O. The topological polar surface area (TPSA) is 112 Å². The van der Waals surface area contributed by atoms with E-state index < -0.39 is 46.0 Å². The molecule has 1 amide bonds. The van der Waals surface area contributed by atoms with E-state index in [4.69, 9.17) is 0 Å². The first-order valence-corrected chi connectivity index (χ1v) is 7.68. The van der Waals surface area contributed by atoms with Gasteiger partial charge in [-0.1, -0.05) is 12.1 Å². The van der Waals surface area contributed by atoms with Gasteiger partial charge in [-0.05, 0) is 17.7 Å². The molecule has 9 nitrogen and oxygen atoms in total. The van der Waals surface area contributed by atoms with E-state index in [1.807, 2.05) is 0 Å². The highest BCUT2D eigenvalue weighted by Gasteiger charge is 2.21. The second-order valence-corrected chi connectivity index (χ2v) is 5.67. The second-order valence-electron chi connectivity index (χ2n) is 5.67. The summed E-state index contributed by atoms with van der Waals surface area (Å²) in [6.07, 6.45) is 0.878. The smallest absolute Gasteiger partial charge is 0.343 e. The predicted molar refractivity (Wildman–Crippen MR) is 91.6 cm³/mol. The van der Waals surface area contributed by atoms with Gasteiger partial charge in [0.1, 0.15) is 17.9 Å². The highest BCUT2D eigenvalue weighted by Crippen LogP contribution is 2.12. The predicted octanol–water partition coefficient (Wildman–Crippen LogP) is 1.34. The lowest BCUT2D eigenvalue weighted by Gasteiger charge is -2.18. The van der Waals surface area contributed by atoms with E-state index in [2.05, 4.69) is 4.74 Å². The maximum atomic E-state index is 13.2. The van der Waals surface area contributed by atoms with E-state index in [1.165, 1.54) is 30.1 Å². The zero-order valence-electron chi connectivity index (χ0n) is 14.5. The van der Waals surface area contributed by atoms with Gasteiger partial charge in [-0.2, -0.15) is 0 Å². The summed E-state index contributed by atoms with van der Waals surface area (Å²) in [5.74, 6) is -2.05. The maximum Gasteiger partial charge on any atom is 0.343 e. The minimum absolute atomic E-state index is 0.0735. The van der Waals surface area contributed by atoms with Crippen LogP contribution < -0.4 is 5.56 Å². The number of ether oxygens (including phenoxy) is 1. The quantitative estimate of drug-likeness (QED) is 0.427. The number of carbonyl (C=O) groups excluding carboxylic acids is 2. The molecule has 1 heterocycles. The molecular weight excluding hydrogens is 361 g/mol. The van der Waals surface area contributed by atoms with E-state index >= 15 is 0 Å². The molecule has 1 aromatic heterocycles. The van der Waals surface area contributed by atoms with Crippen molar-refractivity contribution in [3.8, 4) is 0 Å². The first-order chi connectivity index (χ1) is 12.7. The van der Waals surface area contributed by atoms with Gasteiger partial charge in [0.25, 0.3) is 11.2 Å². The van der Waals surface area contributed by atoms with Crippen LogP contribution in [0, 0.1) is 15.9 Å². The lowest BCUT2D eigenvalue weighted by Crippen LogP contribution is -2.35. The van der Waals surface area contributed by atoms with E-state index in [1.54, 1.807) is 6.07 Å². The van der Waals surface area contributed by atoms with E-state index in [0.29, 0.717) is 5.56 Å². The Morgan fingerprint density at radius 1 is 1.33 bits per heavy atom. The molecule has 0 atom stereocenters. The van der Waals surface area contributed by atoms with Crippen LogP contribution in [0.3, 0.4) is 0 Å². The molecule has 142 valence electrons. The van der Waals surface area contributed by atoms with Gasteiger partial charge in [0.2, 0.25) is 5.91 Å². The third kappa shape index (κ3) is 4.75. The molecule has 0 unspecified atom stereocenters. The van der Waals surface area contributed by atoms with Crippen molar-refractivity contribution in [1.82, 2.24) is 9.47 Å². The highest BCUT2D eigenvalue weighted by atomic mass is 19.1. The summed E-state index contributed by atoms with van der Waals surface area (Å²) in [5, 5.41) is 11.0. The van der Waals surface area contributed by atoms with Crippen LogP contribution in [0.15, 0.2) is 41.3 Å². The van der Waals surface area contributed by atoms with Crippen molar-refractivity contribution in [2.24, 2.45) is 0 Å². The molecule has 2 aromatic rings. The number of benzene rings is 1. The minimum atomic E-state index is -1.04. The zero-order chi connectivity index (χ0) is 20.1. The molecule has 0 saturated carbocycles. The van der Waals surface area contributed by atoms with Crippen LogP contribution in [0.2, 0.25) is 0 Å². The largest absolute Gasteiger partial charge is 0.465 e. The molecule has 27 heavy (non-hydrogen) atoms. The molecule has 1 aromatic carbocycles. The third-order valence-electron chi connectivity index (χ3n) is 3.73. The first-order valence-electron chi connectivity index (χ1n) is 7.68. The van der Waals surface area contributed by atoms with Crippen LogP contribution in [-0.4, -0.2) is 40.4 Å². The van der Waals surface area contributed by atoms with Crippen LogP contribution in [-0.2, 0) is 22.6 Å². The molecule has 2 rings (SSSR count). The van der Waals surface area contributed by atoms with E-state index in [-0.39, 0.29) is 6.54 Å². The number of hydrogen-bond donors (Lipinski definition) is 0. The fourth-order valence-electron chi connectivity index (χ4n) is 2.36. The molecule has 0 saturated heterocycles. The van der Waals surface area contributed by atoms with Gasteiger partial charge < -0.3 is 9.64 Å². The fourth-order valence-corrected chi connectivity index (χ4v) is 2.36. The molecular formula is C17H16FN3O6. The first kappa shape index (κ1) is 19.8. The van der Waals surface area contributed by atoms with Crippen molar-refractivity contribution in [1.29, 1.82) is 0 Å². The summed E-state index contributed by atoms with van der Waals surface area (Å²) >= 11 is 0. The molecule has 0 N–H and O–H groups in total. The number of esters is 1. The van der Waals surface area contributed by atoms with E-state index in [0.717, 1.165) is 23.9 Å². The van der Waals surface area contributed by atoms with Crippen LogP contribution in [0.1, 0.15) is 15.9 Å².